The molecule has 7 nitrogen and oxygen atoms in total. The SMILES string of the molecule is Cn1c(=O)ccc2ncc(F)c(OCC3CCC(NCc4ccc5c(c4)NC(=O)CS5)CC3)c21. The van der Waals surface area contributed by atoms with Gasteiger partial charge in [-0.25, -0.2) is 4.39 Å². The zero-order valence-electron chi connectivity index (χ0n) is 19.0. The fourth-order valence-corrected chi connectivity index (χ4v) is 5.46. The summed E-state index contributed by atoms with van der Waals surface area (Å²) in [7, 11) is 1.60. The summed E-state index contributed by atoms with van der Waals surface area (Å²) >= 11 is 1.57. The second-order valence-electron chi connectivity index (χ2n) is 8.98. The molecule has 1 saturated carbocycles. The molecule has 34 heavy (non-hydrogen) atoms. The van der Waals surface area contributed by atoms with Gasteiger partial charge >= 0.3 is 0 Å². The normalized spacial score (nSPS) is 20.1. The van der Waals surface area contributed by atoms with Crippen molar-refractivity contribution in [3.63, 3.8) is 0 Å². The first-order valence-corrected chi connectivity index (χ1v) is 12.5. The Bertz CT molecular complexity index is 1290. The number of fused-ring (bicyclic) bond motifs is 2. The Hall–Kier alpha value is -2.91. The molecular weight excluding hydrogens is 455 g/mol. The van der Waals surface area contributed by atoms with E-state index < -0.39 is 5.82 Å². The van der Waals surface area contributed by atoms with E-state index in [9.17, 15) is 14.0 Å². The molecule has 3 heterocycles. The van der Waals surface area contributed by atoms with Crippen molar-refractivity contribution in [2.24, 2.45) is 13.0 Å². The molecule has 2 N–H and O–H groups in total. The molecule has 1 amide bonds. The van der Waals surface area contributed by atoms with Crippen LogP contribution in [0.25, 0.3) is 11.0 Å². The van der Waals surface area contributed by atoms with E-state index in [4.69, 9.17) is 4.74 Å². The van der Waals surface area contributed by atoms with Crippen molar-refractivity contribution in [2.45, 2.75) is 43.2 Å². The van der Waals surface area contributed by atoms with Gasteiger partial charge < -0.3 is 19.9 Å². The number of aryl methyl sites for hydroxylation is 1. The summed E-state index contributed by atoms with van der Waals surface area (Å²) in [6.45, 7) is 1.16. The number of carbonyl (C=O) groups is 1. The molecule has 0 atom stereocenters. The van der Waals surface area contributed by atoms with Gasteiger partial charge in [0.15, 0.2) is 11.6 Å². The topological polar surface area (TPSA) is 85.2 Å². The Morgan fingerprint density at radius 2 is 2.03 bits per heavy atom. The number of rotatable bonds is 6. The standard InChI is InChI=1S/C25H27FN4O3S/c1-30-23(32)9-7-19-24(30)25(18(26)12-28-19)33-13-15-2-5-17(6-3-15)27-11-16-4-8-21-20(10-16)29-22(31)14-34-21/h4,7-10,12,15,17,27H,2-3,5-6,11,13-14H2,1H3,(H,29,31). The quantitative estimate of drug-likeness (QED) is 0.555. The summed E-state index contributed by atoms with van der Waals surface area (Å²) in [6.07, 6.45) is 5.15. The average molecular weight is 483 g/mol. The lowest BCUT2D eigenvalue weighted by Crippen LogP contribution is -2.34. The van der Waals surface area contributed by atoms with Crippen LogP contribution in [-0.2, 0) is 18.4 Å². The second-order valence-corrected chi connectivity index (χ2v) is 9.99. The van der Waals surface area contributed by atoms with Crippen molar-refractivity contribution >= 4 is 34.4 Å². The third-order valence-electron chi connectivity index (χ3n) is 6.62. The van der Waals surface area contributed by atoms with Gasteiger partial charge in [0, 0.05) is 30.6 Å². The number of anilines is 1. The van der Waals surface area contributed by atoms with Gasteiger partial charge in [-0.2, -0.15) is 0 Å². The van der Waals surface area contributed by atoms with Crippen LogP contribution in [0.1, 0.15) is 31.2 Å². The van der Waals surface area contributed by atoms with Crippen LogP contribution in [0, 0.1) is 11.7 Å². The molecule has 2 aromatic heterocycles. The number of amides is 1. The average Bonchev–Trinajstić information content (AvgIpc) is 2.85. The molecule has 0 bridgehead atoms. The molecule has 0 saturated heterocycles. The highest BCUT2D eigenvalue weighted by atomic mass is 32.2. The van der Waals surface area contributed by atoms with Gasteiger partial charge in [-0.15, -0.1) is 11.8 Å². The van der Waals surface area contributed by atoms with Crippen LogP contribution >= 0.6 is 11.8 Å². The summed E-state index contributed by atoms with van der Waals surface area (Å²) in [4.78, 5) is 28.8. The zero-order chi connectivity index (χ0) is 23.7. The molecule has 178 valence electrons. The van der Waals surface area contributed by atoms with E-state index in [1.807, 2.05) is 6.07 Å². The lowest BCUT2D eigenvalue weighted by atomic mass is 9.86. The Morgan fingerprint density at radius 3 is 2.85 bits per heavy atom. The number of benzene rings is 1. The van der Waals surface area contributed by atoms with Gasteiger partial charge in [0.05, 0.1) is 29.8 Å². The van der Waals surface area contributed by atoms with Crippen molar-refractivity contribution in [2.75, 3.05) is 17.7 Å². The monoisotopic (exact) mass is 482 g/mol. The van der Waals surface area contributed by atoms with E-state index in [0.29, 0.717) is 35.4 Å². The number of aromatic nitrogens is 2. The fourth-order valence-electron chi connectivity index (χ4n) is 4.67. The van der Waals surface area contributed by atoms with Gasteiger partial charge in [0.2, 0.25) is 5.91 Å². The van der Waals surface area contributed by atoms with Crippen LogP contribution in [0.5, 0.6) is 5.75 Å². The Kier molecular flexibility index (Phi) is 6.56. The van der Waals surface area contributed by atoms with Crippen molar-refractivity contribution in [1.82, 2.24) is 14.9 Å². The van der Waals surface area contributed by atoms with Crippen molar-refractivity contribution in [1.29, 1.82) is 0 Å². The van der Waals surface area contributed by atoms with Crippen molar-refractivity contribution in [3.05, 3.63) is 58.3 Å². The summed E-state index contributed by atoms with van der Waals surface area (Å²) in [5.74, 6) is 0.397. The first kappa shape index (κ1) is 22.9. The van der Waals surface area contributed by atoms with Gasteiger partial charge in [0.1, 0.15) is 5.52 Å². The first-order valence-electron chi connectivity index (χ1n) is 11.5. The highest BCUT2D eigenvalue weighted by molar-refractivity contribution is 8.00. The van der Waals surface area contributed by atoms with Crippen LogP contribution in [0.3, 0.4) is 0 Å². The number of carbonyl (C=O) groups excluding carboxylic acids is 1. The number of thioether (sulfide) groups is 1. The third kappa shape index (κ3) is 4.81. The van der Waals surface area contributed by atoms with Crippen LogP contribution in [0.15, 0.2) is 46.2 Å². The Balaban J connectivity index is 1.15. The third-order valence-corrected chi connectivity index (χ3v) is 7.70. The van der Waals surface area contributed by atoms with Crippen LogP contribution in [0.4, 0.5) is 10.1 Å². The summed E-state index contributed by atoms with van der Waals surface area (Å²) in [6, 6.07) is 9.66. The minimum atomic E-state index is -0.552. The molecule has 0 spiro atoms. The number of ether oxygens (including phenoxy) is 1. The predicted molar refractivity (Wildman–Crippen MR) is 131 cm³/mol. The van der Waals surface area contributed by atoms with Gasteiger partial charge in [0.25, 0.3) is 5.56 Å². The number of hydrogen-bond donors (Lipinski definition) is 2. The van der Waals surface area contributed by atoms with Gasteiger partial charge in [-0.05, 0) is 55.4 Å². The zero-order valence-corrected chi connectivity index (χ0v) is 19.8. The Labute approximate surface area is 201 Å². The van der Waals surface area contributed by atoms with Crippen LogP contribution in [0.2, 0.25) is 0 Å². The number of nitrogens with zero attached hydrogens (tertiary/aromatic N) is 2. The van der Waals surface area contributed by atoms with Crippen LogP contribution in [-0.4, -0.2) is 33.9 Å². The largest absolute Gasteiger partial charge is 0.488 e. The molecule has 5 rings (SSSR count). The maximum atomic E-state index is 14.5. The molecule has 2 aliphatic rings. The van der Waals surface area contributed by atoms with Crippen molar-refractivity contribution in [3.8, 4) is 5.75 Å². The highest BCUT2D eigenvalue weighted by Gasteiger charge is 2.23. The lowest BCUT2D eigenvalue weighted by Gasteiger charge is -2.29. The number of halogens is 1. The number of nitrogens with one attached hydrogen (secondary N) is 2. The smallest absolute Gasteiger partial charge is 0.250 e. The number of pyridine rings is 2. The van der Waals surface area contributed by atoms with Gasteiger partial charge in [-0.1, -0.05) is 6.07 Å². The van der Waals surface area contributed by atoms with Crippen LogP contribution < -0.4 is 20.9 Å². The van der Waals surface area contributed by atoms with E-state index in [1.165, 1.54) is 10.6 Å². The number of hydrogen-bond acceptors (Lipinski definition) is 6. The minimum absolute atomic E-state index is 0.0463. The maximum Gasteiger partial charge on any atom is 0.250 e. The minimum Gasteiger partial charge on any atom is -0.488 e. The molecular formula is C25H27FN4O3S. The maximum absolute atomic E-state index is 14.5. The van der Waals surface area contributed by atoms with E-state index in [1.54, 1.807) is 24.9 Å². The lowest BCUT2D eigenvalue weighted by molar-refractivity contribution is -0.113. The van der Waals surface area contributed by atoms with E-state index in [0.717, 1.165) is 54.6 Å². The van der Waals surface area contributed by atoms with E-state index >= 15 is 0 Å². The summed E-state index contributed by atoms with van der Waals surface area (Å²) < 4.78 is 21.8. The first-order chi connectivity index (χ1) is 16.5. The fraction of sp³-hybridized carbons (Fsp3) is 0.400. The van der Waals surface area contributed by atoms with E-state index in [-0.39, 0.29) is 17.2 Å². The molecule has 1 aliphatic carbocycles. The molecule has 1 aliphatic heterocycles. The van der Waals surface area contributed by atoms with E-state index in [2.05, 4.69) is 27.8 Å². The van der Waals surface area contributed by atoms with Crippen molar-refractivity contribution < 1.29 is 13.9 Å². The highest BCUT2D eigenvalue weighted by Crippen LogP contribution is 2.33. The Morgan fingerprint density at radius 1 is 1.21 bits per heavy atom. The van der Waals surface area contributed by atoms with Gasteiger partial charge in [-0.3, -0.25) is 14.6 Å². The second kappa shape index (κ2) is 9.76. The molecule has 0 unspecified atom stereocenters. The molecule has 1 fully saturated rings. The molecule has 1 aromatic carbocycles. The summed E-state index contributed by atoms with van der Waals surface area (Å²) in [5.41, 5.74) is 2.75. The molecule has 9 heteroatoms. The molecule has 3 aromatic rings. The molecule has 0 radical (unpaired) electrons. The summed E-state index contributed by atoms with van der Waals surface area (Å²) in [5, 5.41) is 6.57. The predicted octanol–water partition coefficient (Wildman–Crippen LogP) is 3.84.